The first-order chi connectivity index (χ1) is 11.5. The van der Waals surface area contributed by atoms with Gasteiger partial charge in [0.25, 0.3) is 5.69 Å². The monoisotopic (exact) mass is 334 g/mol. The molecule has 3 rings (SSSR count). The zero-order valence-corrected chi connectivity index (χ0v) is 13.6. The van der Waals surface area contributed by atoms with Crippen molar-refractivity contribution in [2.24, 2.45) is 13.0 Å². The van der Waals surface area contributed by atoms with Gasteiger partial charge in [-0.3, -0.25) is 14.8 Å². The van der Waals surface area contributed by atoms with Crippen LogP contribution in [0.1, 0.15) is 12.0 Å². The lowest BCUT2D eigenvalue weighted by molar-refractivity contribution is -0.384. The first kappa shape index (κ1) is 16.2. The Balaban J connectivity index is 1.80. The van der Waals surface area contributed by atoms with Crippen LogP contribution in [0.15, 0.2) is 24.5 Å². The molecule has 0 aliphatic carbocycles. The highest BCUT2D eigenvalue weighted by Gasteiger charge is 2.29. The lowest BCUT2D eigenvalue weighted by Crippen LogP contribution is -2.21. The topological polar surface area (TPSA) is 73.4 Å². The van der Waals surface area contributed by atoms with Gasteiger partial charge in [-0.15, -0.1) is 0 Å². The van der Waals surface area contributed by atoms with Crippen LogP contribution in [0.2, 0.25) is 0 Å². The second-order valence-electron chi connectivity index (χ2n) is 6.06. The van der Waals surface area contributed by atoms with E-state index in [1.165, 1.54) is 13.2 Å². The van der Waals surface area contributed by atoms with E-state index in [1.54, 1.807) is 4.68 Å². The first-order valence-corrected chi connectivity index (χ1v) is 7.72. The van der Waals surface area contributed by atoms with Crippen molar-refractivity contribution in [3.8, 4) is 5.75 Å². The fraction of sp³-hybridized carbons (Fsp3) is 0.438. The number of aromatic nitrogens is 2. The molecular weight excluding hydrogens is 315 g/mol. The third-order valence-corrected chi connectivity index (χ3v) is 4.35. The summed E-state index contributed by atoms with van der Waals surface area (Å²) >= 11 is 0. The van der Waals surface area contributed by atoms with Crippen LogP contribution >= 0.6 is 0 Å². The van der Waals surface area contributed by atoms with E-state index in [9.17, 15) is 14.5 Å². The molecule has 2 heterocycles. The van der Waals surface area contributed by atoms with E-state index >= 15 is 0 Å². The minimum absolute atomic E-state index is 0.0197. The van der Waals surface area contributed by atoms with Crippen molar-refractivity contribution in [3.05, 3.63) is 46.0 Å². The van der Waals surface area contributed by atoms with Crippen LogP contribution in [0.4, 0.5) is 15.8 Å². The summed E-state index contributed by atoms with van der Waals surface area (Å²) in [5.41, 5.74) is 1.33. The maximum atomic E-state index is 13.8. The van der Waals surface area contributed by atoms with Crippen molar-refractivity contribution in [2.45, 2.75) is 12.8 Å². The van der Waals surface area contributed by atoms with Crippen LogP contribution in [0.5, 0.6) is 5.75 Å². The lowest BCUT2D eigenvalue weighted by Gasteiger charge is -2.19. The van der Waals surface area contributed by atoms with Gasteiger partial charge in [0.2, 0.25) is 0 Å². The van der Waals surface area contributed by atoms with E-state index in [-0.39, 0.29) is 11.4 Å². The Hall–Kier alpha value is -2.64. The highest BCUT2D eigenvalue weighted by Crippen LogP contribution is 2.37. The molecule has 1 aliphatic heterocycles. The number of anilines is 1. The van der Waals surface area contributed by atoms with E-state index in [1.807, 2.05) is 24.3 Å². The van der Waals surface area contributed by atoms with E-state index < -0.39 is 10.7 Å². The quantitative estimate of drug-likeness (QED) is 0.620. The molecule has 0 unspecified atom stereocenters. The highest BCUT2D eigenvalue weighted by molar-refractivity contribution is 5.66. The molecule has 0 amide bonds. The van der Waals surface area contributed by atoms with Crippen molar-refractivity contribution in [2.75, 3.05) is 25.1 Å². The van der Waals surface area contributed by atoms with Crippen molar-refractivity contribution >= 4 is 11.4 Å². The fourth-order valence-corrected chi connectivity index (χ4v) is 3.22. The van der Waals surface area contributed by atoms with Gasteiger partial charge in [-0.2, -0.15) is 5.10 Å². The summed E-state index contributed by atoms with van der Waals surface area (Å²) in [6.45, 7) is 1.38. The molecular formula is C16H19FN4O3. The minimum Gasteiger partial charge on any atom is -0.494 e. The van der Waals surface area contributed by atoms with Crippen LogP contribution in [0.3, 0.4) is 0 Å². The van der Waals surface area contributed by atoms with Gasteiger partial charge in [0.05, 0.1) is 24.3 Å². The van der Waals surface area contributed by atoms with Gasteiger partial charge in [-0.25, -0.2) is 4.39 Å². The number of nitro groups is 1. The Morgan fingerprint density at radius 2 is 2.29 bits per heavy atom. The summed E-state index contributed by atoms with van der Waals surface area (Å²) in [6, 6.07) is 2.35. The SMILES string of the molecule is COc1cc(N2CC[C@@H](Cc3cnn(C)c3)C2)c([N+](=O)[O-])cc1F. The summed E-state index contributed by atoms with van der Waals surface area (Å²) in [7, 11) is 3.22. The number of rotatable bonds is 5. The molecule has 128 valence electrons. The number of nitrogens with zero attached hydrogens (tertiary/aromatic N) is 4. The summed E-state index contributed by atoms with van der Waals surface area (Å²) in [5.74, 6) is -0.324. The molecule has 1 aliphatic rings. The third-order valence-electron chi connectivity index (χ3n) is 4.35. The fourth-order valence-electron chi connectivity index (χ4n) is 3.22. The van der Waals surface area contributed by atoms with Crippen molar-refractivity contribution in [1.29, 1.82) is 0 Å². The van der Waals surface area contributed by atoms with Gasteiger partial charge in [0.15, 0.2) is 11.6 Å². The number of methoxy groups -OCH3 is 1. The van der Waals surface area contributed by atoms with Gasteiger partial charge < -0.3 is 9.64 Å². The van der Waals surface area contributed by atoms with Gasteiger partial charge >= 0.3 is 0 Å². The maximum absolute atomic E-state index is 13.8. The second kappa shape index (κ2) is 6.46. The Labute approximate surface area is 138 Å². The number of aryl methyl sites for hydroxylation is 1. The molecule has 1 aromatic carbocycles. The number of benzene rings is 1. The van der Waals surface area contributed by atoms with Crippen LogP contribution in [0, 0.1) is 21.8 Å². The average Bonchev–Trinajstić information content (AvgIpc) is 3.16. The van der Waals surface area contributed by atoms with E-state index in [0.717, 1.165) is 24.5 Å². The summed E-state index contributed by atoms with van der Waals surface area (Å²) in [6.07, 6.45) is 5.61. The van der Waals surface area contributed by atoms with E-state index in [0.29, 0.717) is 24.7 Å². The Morgan fingerprint density at radius 1 is 1.50 bits per heavy atom. The van der Waals surface area contributed by atoms with E-state index in [2.05, 4.69) is 5.10 Å². The zero-order chi connectivity index (χ0) is 17.3. The van der Waals surface area contributed by atoms with Crippen LogP contribution in [-0.2, 0) is 13.5 Å². The smallest absolute Gasteiger partial charge is 0.295 e. The molecule has 2 aromatic rings. The molecule has 0 spiro atoms. The van der Waals surface area contributed by atoms with Crippen molar-refractivity contribution < 1.29 is 14.1 Å². The molecule has 1 atom stereocenters. The first-order valence-electron chi connectivity index (χ1n) is 7.72. The minimum atomic E-state index is -0.723. The Kier molecular flexibility index (Phi) is 4.37. The Bertz CT molecular complexity index is 762. The molecule has 1 fully saturated rings. The standard InChI is InChI=1S/C16H19FN4O3/c1-19-9-12(8-18-19)5-11-3-4-20(10-11)14-7-16(24-2)13(17)6-15(14)21(22)23/h6-9,11H,3-5,10H2,1-2H3/t11-/m0/s1. The molecule has 0 N–H and O–H groups in total. The van der Waals surface area contributed by atoms with Gasteiger partial charge in [-0.05, 0) is 24.3 Å². The molecule has 1 aromatic heterocycles. The summed E-state index contributed by atoms with van der Waals surface area (Å²) in [4.78, 5) is 12.6. The number of halogens is 1. The number of hydrogen-bond donors (Lipinski definition) is 0. The predicted molar refractivity (Wildman–Crippen MR) is 86.8 cm³/mol. The molecule has 7 nitrogen and oxygen atoms in total. The average molecular weight is 334 g/mol. The zero-order valence-electron chi connectivity index (χ0n) is 13.6. The van der Waals surface area contributed by atoms with Crippen molar-refractivity contribution in [3.63, 3.8) is 0 Å². The van der Waals surface area contributed by atoms with E-state index in [4.69, 9.17) is 4.74 Å². The van der Waals surface area contributed by atoms with Crippen molar-refractivity contribution in [1.82, 2.24) is 9.78 Å². The Morgan fingerprint density at radius 3 is 2.92 bits per heavy atom. The second-order valence-corrected chi connectivity index (χ2v) is 6.06. The molecule has 0 radical (unpaired) electrons. The summed E-state index contributed by atoms with van der Waals surface area (Å²) < 4.78 is 20.5. The summed E-state index contributed by atoms with van der Waals surface area (Å²) in [5, 5.41) is 15.4. The number of hydrogen-bond acceptors (Lipinski definition) is 5. The number of ether oxygens (including phenoxy) is 1. The van der Waals surface area contributed by atoms with Crippen LogP contribution < -0.4 is 9.64 Å². The normalized spacial score (nSPS) is 17.3. The van der Waals surface area contributed by atoms with Crippen LogP contribution in [0.25, 0.3) is 0 Å². The van der Waals surface area contributed by atoms with Gasteiger partial charge in [0.1, 0.15) is 5.69 Å². The maximum Gasteiger partial charge on any atom is 0.295 e. The molecule has 8 heteroatoms. The van der Waals surface area contributed by atoms with Gasteiger partial charge in [0, 0.05) is 32.4 Å². The molecule has 0 saturated carbocycles. The molecule has 24 heavy (non-hydrogen) atoms. The third kappa shape index (κ3) is 3.17. The van der Waals surface area contributed by atoms with Crippen LogP contribution in [-0.4, -0.2) is 34.9 Å². The molecule has 0 bridgehead atoms. The largest absolute Gasteiger partial charge is 0.494 e. The molecule has 1 saturated heterocycles. The van der Waals surface area contributed by atoms with Gasteiger partial charge in [-0.1, -0.05) is 0 Å². The highest BCUT2D eigenvalue weighted by atomic mass is 19.1. The number of nitro benzene ring substituents is 1. The predicted octanol–water partition coefficient (Wildman–Crippen LogP) is 2.55. The lowest BCUT2D eigenvalue weighted by atomic mass is 10.0.